The third kappa shape index (κ3) is 3.96. The molecule has 136 valence electrons. The zero-order valence-corrected chi connectivity index (χ0v) is 15.3. The first-order valence-electron chi connectivity index (χ1n) is 8.60. The van der Waals surface area contributed by atoms with Gasteiger partial charge in [-0.05, 0) is 50.1 Å². The molecular formula is C20H23N3O3. The second-order valence-corrected chi connectivity index (χ2v) is 6.49. The van der Waals surface area contributed by atoms with Crippen LogP contribution < -0.4 is 15.5 Å². The van der Waals surface area contributed by atoms with Crippen molar-refractivity contribution in [3.63, 3.8) is 0 Å². The van der Waals surface area contributed by atoms with Crippen LogP contribution in [0.2, 0.25) is 0 Å². The molecule has 3 rings (SSSR count). The third-order valence-electron chi connectivity index (χ3n) is 4.37. The molecule has 1 saturated heterocycles. The Kier molecular flexibility index (Phi) is 5.11. The monoisotopic (exact) mass is 353 g/mol. The SMILES string of the molecule is Cc1ccc(NC(=O)CNc2ccc(C)c(N3CCOC3=O)c2)c(C)c1. The molecule has 2 aromatic rings. The molecule has 0 aromatic heterocycles. The van der Waals surface area contributed by atoms with E-state index < -0.39 is 0 Å². The van der Waals surface area contributed by atoms with E-state index in [1.54, 1.807) is 4.90 Å². The quantitative estimate of drug-likeness (QED) is 0.861. The van der Waals surface area contributed by atoms with E-state index in [-0.39, 0.29) is 18.5 Å². The molecule has 1 fully saturated rings. The lowest BCUT2D eigenvalue weighted by molar-refractivity contribution is -0.114. The van der Waals surface area contributed by atoms with Crippen LogP contribution in [0.3, 0.4) is 0 Å². The van der Waals surface area contributed by atoms with Crippen molar-refractivity contribution in [3.8, 4) is 0 Å². The lowest BCUT2D eigenvalue weighted by Gasteiger charge is -2.17. The van der Waals surface area contributed by atoms with E-state index in [0.717, 1.165) is 33.8 Å². The van der Waals surface area contributed by atoms with Crippen LogP contribution in [0.25, 0.3) is 0 Å². The minimum absolute atomic E-state index is 0.125. The first-order valence-corrected chi connectivity index (χ1v) is 8.60. The fourth-order valence-electron chi connectivity index (χ4n) is 2.95. The highest BCUT2D eigenvalue weighted by molar-refractivity contribution is 5.95. The maximum Gasteiger partial charge on any atom is 0.414 e. The molecule has 0 unspecified atom stereocenters. The first kappa shape index (κ1) is 17.8. The molecule has 2 aromatic carbocycles. The highest BCUT2D eigenvalue weighted by atomic mass is 16.6. The standard InChI is InChI=1S/C20H23N3O3/c1-13-4-7-17(15(3)10-13)22-19(24)12-21-16-6-5-14(2)18(11-16)23-8-9-26-20(23)25/h4-7,10-11,21H,8-9,12H2,1-3H3,(H,22,24). The second-order valence-electron chi connectivity index (χ2n) is 6.49. The Morgan fingerprint density at radius 1 is 1.12 bits per heavy atom. The Balaban J connectivity index is 1.64. The maximum atomic E-state index is 12.2. The van der Waals surface area contributed by atoms with E-state index in [2.05, 4.69) is 10.6 Å². The van der Waals surface area contributed by atoms with E-state index in [1.807, 2.05) is 57.2 Å². The summed E-state index contributed by atoms with van der Waals surface area (Å²) in [6.45, 7) is 7.01. The van der Waals surface area contributed by atoms with Crippen LogP contribution in [-0.4, -0.2) is 31.7 Å². The summed E-state index contributed by atoms with van der Waals surface area (Å²) < 4.78 is 5.00. The van der Waals surface area contributed by atoms with Gasteiger partial charge in [-0.3, -0.25) is 9.69 Å². The highest BCUT2D eigenvalue weighted by Crippen LogP contribution is 2.26. The van der Waals surface area contributed by atoms with Gasteiger partial charge < -0.3 is 15.4 Å². The van der Waals surface area contributed by atoms with Crippen LogP contribution >= 0.6 is 0 Å². The van der Waals surface area contributed by atoms with Crippen LogP contribution in [0.5, 0.6) is 0 Å². The van der Waals surface area contributed by atoms with E-state index in [1.165, 1.54) is 0 Å². The lowest BCUT2D eigenvalue weighted by Crippen LogP contribution is -2.25. The van der Waals surface area contributed by atoms with Gasteiger partial charge in [0.15, 0.2) is 0 Å². The fourth-order valence-corrected chi connectivity index (χ4v) is 2.95. The number of hydrogen-bond acceptors (Lipinski definition) is 4. The zero-order valence-electron chi connectivity index (χ0n) is 15.3. The van der Waals surface area contributed by atoms with Gasteiger partial charge >= 0.3 is 6.09 Å². The van der Waals surface area contributed by atoms with Crippen molar-refractivity contribution in [1.82, 2.24) is 0 Å². The largest absolute Gasteiger partial charge is 0.447 e. The summed E-state index contributed by atoms with van der Waals surface area (Å²) in [5, 5.41) is 6.02. The van der Waals surface area contributed by atoms with Crippen LogP contribution in [-0.2, 0) is 9.53 Å². The molecule has 6 nitrogen and oxygen atoms in total. The summed E-state index contributed by atoms with van der Waals surface area (Å²) in [5.74, 6) is -0.125. The number of nitrogens with one attached hydrogen (secondary N) is 2. The van der Waals surface area contributed by atoms with Gasteiger partial charge in [0.2, 0.25) is 5.91 Å². The van der Waals surface area contributed by atoms with Gasteiger partial charge in [0.25, 0.3) is 0 Å². The summed E-state index contributed by atoms with van der Waals surface area (Å²) in [4.78, 5) is 25.6. The molecule has 0 spiro atoms. The number of carbonyl (C=O) groups is 2. The van der Waals surface area contributed by atoms with Crippen LogP contribution in [0.15, 0.2) is 36.4 Å². The highest BCUT2D eigenvalue weighted by Gasteiger charge is 2.25. The molecule has 2 N–H and O–H groups in total. The topological polar surface area (TPSA) is 70.7 Å². The summed E-state index contributed by atoms with van der Waals surface area (Å²) >= 11 is 0. The Bertz CT molecular complexity index is 848. The molecule has 0 aliphatic carbocycles. The van der Waals surface area contributed by atoms with Crippen molar-refractivity contribution < 1.29 is 14.3 Å². The van der Waals surface area contributed by atoms with E-state index in [9.17, 15) is 9.59 Å². The van der Waals surface area contributed by atoms with E-state index >= 15 is 0 Å². The lowest BCUT2D eigenvalue weighted by atomic mass is 10.1. The molecule has 6 heteroatoms. The van der Waals surface area contributed by atoms with Crippen molar-refractivity contribution in [1.29, 1.82) is 0 Å². The Morgan fingerprint density at radius 3 is 2.62 bits per heavy atom. The summed E-state index contributed by atoms with van der Waals surface area (Å²) in [6.07, 6.45) is -0.335. The normalized spacial score (nSPS) is 13.5. The number of rotatable bonds is 5. The smallest absolute Gasteiger partial charge is 0.414 e. The number of ether oxygens (including phenoxy) is 1. The predicted octanol–water partition coefficient (Wildman–Crippen LogP) is 3.62. The number of hydrogen-bond donors (Lipinski definition) is 2. The molecule has 1 aliphatic rings. The number of cyclic esters (lactones) is 1. The number of nitrogens with zero attached hydrogens (tertiary/aromatic N) is 1. The van der Waals surface area contributed by atoms with Gasteiger partial charge in [-0.15, -0.1) is 0 Å². The van der Waals surface area contributed by atoms with Crippen molar-refractivity contribution in [2.75, 3.05) is 35.2 Å². The Labute approximate surface area is 153 Å². The van der Waals surface area contributed by atoms with Gasteiger partial charge in [0, 0.05) is 11.4 Å². The number of aryl methyl sites for hydroxylation is 3. The molecule has 0 radical (unpaired) electrons. The van der Waals surface area contributed by atoms with E-state index in [0.29, 0.717) is 13.2 Å². The van der Waals surface area contributed by atoms with Gasteiger partial charge in [0.05, 0.1) is 18.8 Å². The third-order valence-corrected chi connectivity index (χ3v) is 4.37. The minimum Gasteiger partial charge on any atom is -0.447 e. The van der Waals surface area contributed by atoms with Crippen molar-refractivity contribution in [2.45, 2.75) is 20.8 Å². The molecule has 0 atom stereocenters. The minimum atomic E-state index is -0.335. The Morgan fingerprint density at radius 2 is 1.92 bits per heavy atom. The fraction of sp³-hybridized carbons (Fsp3) is 0.300. The van der Waals surface area contributed by atoms with Crippen LogP contribution in [0.1, 0.15) is 16.7 Å². The van der Waals surface area contributed by atoms with Gasteiger partial charge in [-0.1, -0.05) is 23.8 Å². The molecule has 0 saturated carbocycles. The summed E-state index contributed by atoms with van der Waals surface area (Å²) in [5.41, 5.74) is 5.56. The molecule has 26 heavy (non-hydrogen) atoms. The van der Waals surface area contributed by atoms with Gasteiger partial charge in [-0.2, -0.15) is 0 Å². The molecular weight excluding hydrogens is 330 g/mol. The average molecular weight is 353 g/mol. The summed E-state index contributed by atoms with van der Waals surface area (Å²) in [6, 6.07) is 11.6. The van der Waals surface area contributed by atoms with Gasteiger partial charge in [-0.25, -0.2) is 4.79 Å². The van der Waals surface area contributed by atoms with Crippen LogP contribution in [0.4, 0.5) is 21.9 Å². The molecule has 2 amide bonds. The molecule has 0 bridgehead atoms. The second kappa shape index (κ2) is 7.47. The number of carbonyl (C=O) groups excluding carboxylic acids is 2. The average Bonchev–Trinajstić information content (AvgIpc) is 3.02. The van der Waals surface area contributed by atoms with Gasteiger partial charge in [0.1, 0.15) is 6.61 Å². The van der Waals surface area contributed by atoms with E-state index in [4.69, 9.17) is 4.74 Å². The zero-order chi connectivity index (χ0) is 18.7. The van der Waals surface area contributed by atoms with Crippen molar-refractivity contribution >= 4 is 29.1 Å². The van der Waals surface area contributed by atoms with Crippen molar-refractivity contribution in [3.05, 3.63) is 53.1 Å². The number of amides is 2. The predicted molar refractivity (Wildman–Crippen MR) is 103 cm³/mol. The maximum absolute atomic E-state index is 12.2. The molecule has 1 heterocycles. The molecule has 1 aliphatic heterocycles. The number of benzene rings is 2. The first-order chi connectivity index (χ1) is 12.4. The summed E-state index contributed by atoms with van der Waals surface area (Å²) in [7, 11) is 0. The number of anilines is 3. The van der Waals surface area contributed by atoms with Crippen molar-refractivity contribution in [2.24, 2.45) is 0 Å². The van der Waals surface area contributed by atoms with Crippen LogP contribution in [0, 0.1) is 20.8 Å². The Hall–Kier alpha value is -3.02.